The maximum Gasteiger partial charge on any atom is 0.220 e. The maximum atomic E-state index is 11.8. The molecule has 110 valence electrons. The molecule has 1 aliphatic heterocycles. The van der Waals surface area contributed by atoms with Crippen LogP contribution < -0.4 is 5.32 Å². The van der Waals surface area contributed by atoms with Gasteiger partial charge < -0.3 is 10.2 Å². The average Bonchev–Trinajstić information content (AvgIpc) is 2.89. The number of likely N-dealkylation sites (tertiary alicyclic amines) is 1. The summed E-state index contributed by atoms with van der Waals surface area (Å²) in [6, 6.07) is 0. The minimum atomic E-state index is 0.277. The van der Waals surface area contributed by atoms with E-state index in [0.29, 0.717) is 5.92 Å². The van der Waals surface area contributed by atoms with Crippen LogP contribution in [0.25, 0.3) is 0 Å². The first-order valence-electron chi connectivity index (χ1n) is 8.23. The van der Waals surface area contributed by atoms with Gasteiger partial charge in [-0.1, -0.05) is 19.8 Å². The third kappa shape index (κ3) is 5.52. The van der Waals surface area contributed by atoms with E-state index in [2.05, 4.69) is 17.1 Å². The average molecular weight is 266 g/mol. The van der Waals surface area contributed by atoms with Gasteiger partial charge in [0.15, 0.2) is 0 Å². The van der Waals surface area contributed by atoms with E-state index in [4.69, 9.17) is 0 Å². The Morgan fingerprint density at radius 1 is 1.16 bits per heavy atom. The van der Waals surface area contributed by atoms with Gasteiger partial charge in [0, 0.05) is 13.0 Å². The fourth-order valence-corrected chi connectivity index (χ4v) is 3.36. The Bertz CT molecular complexity index is 266. The highest BCUT2D eigenvalue weighted by atomic mass is 16.1. The summed E-state index contributed by atoms with van der Waals surface area (Å²) in [6.45, 7) is 6.85. The number of carbonyl (C=O) groups excluding carboxylic acids is 1. The molecule has 1 aliphatic carbocycles. The number of hydrogen-bond acceptors (Lipinski definition) is 2. The second kappa shape index (κ2) is 7.88. The Morgan fingerprint density at radius 3 is 2.53 bits per heavy atom. The smallest absolute Gasteiger partial charge is 0.220 e. The van der Waals surface area contributed by atoms with Gasteiger partial charge in [0.1, 0.15) is 0 Å². The molecule has 19 heavy (non-hydrogen) atoms. The Hall–Kier alpha value is -0.570. The van der Waals surface area contributed by atoms with Crippen molar-refractivity contribution in [2.45, 2.75) is 58.3 Å². The molecular formula is C16H30N2O. The molecule has 1 N–H and O–H groups in total. The Labute approximate surface area is 118 Å². The van der Waals surface area contributed by atoms with Gasteiger partial charge in [0.25, 0.3) is 0 Å². The second-order valence-corrected chi connectivity index (χ2v) is 6.58. The van der Waals surface area contributed by atoms with Gasteiger partial charge in [-0.25, -0.2) is 0 Å². The molecule has 0 unspecified atom stereocenters. The van der Waals surface area contributed by atoms with E-state index in [1.807, 2.05) is 0 Å². The predicted octanol–water partition coefficient (Wildman–Crippen LogP) is 2.80. The Morgan fingerprint density at radius 2 is 1.84 bits per heavy atom. The molecule has 0 aromatic heterocycles. The van der Waals surface area contributed by atoms with Crippen LogP contribution in [-0.4, -0.2) is 37.0 Å². The zero-order valence-electron chi connectivity index (χ0n) is 12.5. The van der Waals surface area contributed by atoms with Gasteiger partial charge in [0.05, 0.1) is 0 Å². The summed E-state index contributed by atoms with van der Waals surface area (Å²) < 4.78 is 0. The van der Waals surface area contributed by atoms with Gasteiger partial charge >= 0.3 is 0 Å². The molecule has 3 nitrogen and oxygen atoms in total. The van der Waals surface area contributed by atoms with Crippen molar-refractivity contribution in [3.8, 4) is 0 Å². The topological polar surface area (TPSA) is 32.3 Å². The number of piperidine rings is 1. The normalized spacial score (nSPS) is 22.8. The molecule has 0 aromatic rings. The van der Waals surface area contributed by atoms with Gasteiger partial charge in [-0.2, -0.15) is 0 Å². The number of nitrogens with one attached hydrogen (secondary N) is 1. The summed E-state index contributed by atoms with van der Waals surface area (Å²) in [4.78, 5) is 14.3. The highest BCUT2D eigenvalue weighted by Crippen LogP contribution is 2.27. The number of nitrogens with zero attached hydrogens (tertiary/aromatic N) is 1. The van der Waals surface area contributed by atoms with Crippen LogP contribution in [0.4, 0.5) is 0 Å². The van der Waals surface area contributed by atoms with Gasteiger partial charge in [-0.05, 0) is 63.6 Å². The first-order valence-corrected chi connectivity index (χ1v) is 8.23. The van der Waals surface area contributed by atoms with Crippen molar-refractivity contribution in [3.63, 3.8) is 0 Å². The SMILES string of the molecule is CC1CCN(CCCNC(=O)CC2CCCC2)CC1. The van der Waals surface area contributed by atoms with Crippen LogP contribution in [0.5, 0.6) is 0 Å². The fourth-order valence-electron chi connectivity index (χ4n) is 3.36. The predicted molar refractivity (Wildman–Crippen MR) is 79.0 cm³/mol. The summed E-state index contributed by atoms with van der Waals surface area (Å²) in [5.74, 6) is 1.85. The third-order valence-corrected chi connectivity index (χ3v) is 4.80. The molecule has 0 aromatic carbocycles. The summed E-state index contributed by atoms with van der Waals surface area (Å²) in [5.41, 5.74) is 0. The van der Waals surface area contributed by atoms with E-state index in [9.17, 15) is 4.79 Å². The lowest BCUT2D eigenvalue weighted by atomic mass is 9.99. The van der Waals surface area contributed by atoms with Crippen LogP contribution in [0, 0.1) is 11.8 Å². The molecule has 0 bridgehead atoms. The molecule has 3 heteroatoms. The monoisotopic (exact) mass is 266 g/mol. The molecule has 1 saturated heterocycles. The van der Waals surface area contributed by atoms with E-state index in [1.54, 1.807) is 0 Å². The summed E-state index contributed by atoms with van der Waals surface area (Å²) >= 11 is 0. The van der Waals surface area contributed by atoms with Crippen LogP contribution in [0.15, 0.2) is 0 Å². The summed E-state index contributed by atoms with van der Waals surface area (Å²) in [5, 5.41) is 3.09. The molecule has 0 radical (unpaired) electrons. The summed E-state index contributed by atoms with van der Waals surface area (Å²) in [6.07, 6.45) is 9.73. The lowest BCUT2D eigenvalue weighted by Crippen LogP contribution is -2.35. The zero-order valence-corrected chi connectivity index (χ0v) is 12.5. The molecular weight excluding hydrogens is 236 g/mol. The van der Waals surface area contributed by atoms with Crippen LogP contribution in [0.2, 0.25) is 0 Å². The van der Waals surface area contributed by atoms with Gasteiger partial charge in [-0.3, -0.25) is 4.79 Å². The standard InChI is InChI=1S/C16H30N2O/c1-14-7-11-18(12-8-14)10-4-9-17-16(19)13-15-5-2-3-6-15/h14-15H,2-13H2,1H3,(H,17,19). The Balaban J connectivity index is 1.48. The maximum absolute atomic E-state index is 11.8. The quantitative estimate of drug-likeness (QED) is 0.750. The van der Waals surface area contributed by atoms with E-state index in [-0.39, 0.29) is 5.91 Å². The molecule has 2 rings (SSSR count). The van der Waals surface area contributed by atoms with Crippen molar-refractivity contribution >= 4 is 5.91 Å². The van der Waals surface area contributed by atoms with Crippen molar-refractivity contribution in [2.24, 2.45) is 11.8 Å². The number of rotatable bonds is 6. The molecule has 1 saturated carbocycles. The molecule has 2 aliphatic rings. The molecule has 1 heterocycles. The lowest BCUT2D eigenvalue weighted by Gasteiger charge is -2.30. The van der Waals surface area contributed by atoms with Crippen molar-refractivity contribution in [2.75, 3.05) is 26.2 Å². The molecule has 0 spiro atoms. The van der Waals surface area contributed by atoms with Crippen LogP contribution >= 0.6 is 0 Å². The third-order valence-electron chi connectivity index (χ3n) is 4.80. The Kier molecular flexibility index (Phi) is 6.15. The lowest BCUT2D eigenvalue weighted by molar-refractivity contribution is -0.122. The van der Waals surface area contributed by atoms with E-state index < -0.39 is 0 Å². The minimum Gasteiger partial charge on any atom is -0.356 e. The highest BCUT2D eigenvalue weighted by molar-refractivity contribution is 5.76. The zero-order chi connectivity index (χ0) is 13.5. The second-order valence-electron chi connectivity index (χ2n) is 6.58. The molecule has 1 amide bonds. The van der Waals surface area contributed by atoms with Crippen LogP contribution in [-0.2, 0) is 4.79 Å². The molecule has 0 atom stereocenters. The molecule has 2 fully saturated rings. The fraction of sp³-hybridized carbons (Fsp3) is 0.938. The van der Waals surface area contributed by atoms with Gasteiger partial charge in [0.2, 0.25) is 5.91 Å². The number of carbonyl (C=O) groups is 1. The van der Waals surface area contributed by atoms with E-state index in [1.165, 1.54) is 51.6 Å². The van der Waals surface area contributed by atoms with Crippen molar-refractivity contribution < 1.29 is 4.79 Å². The minimum absolute atomic E-state index is 0.277. The number of amides is 1. The van der Waals surface area contributed by atoms with Crippen molar-refractivity contribution in [1.29, 1.82) is 0 Å². The van der Waals surface area contributed by atoms with E-state index >= 15 is 0 Å². The first-order chi connectivity index (χ1) is 9.24. The first kappa shape index (κ1) is 14.8. The largest absolute Gasteiger partial charge is 0.356 e. The van der Waals surface area contributed by atoms with Crippen LogP contribution in [0.1, 0.15) is 58.3 Å². The van der Waals surface area contributed by atoms with E-state index in [0.717, 1.165) is 31.8 Å². The summed E-state index contributed by atoms with van der Waals surface area (Å²) in [7, 11) is 0. The van der Waals surface area contributed by atoms with Crippen molar-refractivity contribution in [1.82, 2.24) is 10.2 Å². The van der Waals surface area contributed by atoms with Crippen LogP contribution in [0.3, 0.4) is 0 Å². The highest BCUT2D eigenvalue weighted by Gasteiger charge is 2.18. The van der Waals surface area contributed by atoms with Gasteiger partial charge in [-0.15, -0.1) is 0 Å². The van der Waals surface area contributed by atoms with Crippen molar-refractivity contribution in [3.05, 3.63) is 0 Å². The number of hydrogen-bond donors (Lipinski definition) is 1.